The summed E-state index contributed by atoms with van der Waals surface area (Å²) < 4.78 is 17.2. The van der Waals surface area contributed by atoms with E-state index in [4.69, 9.17) is 20.6 Å². The number of terminal acetylenes is 1. The summed E-state index contributed by atoms with van der Waals surface area (Å²) in [6.07, 6.45) is 8.82. The van der Waals surface area contributed by atoms with E-state index >= 15 is 0 Å². The van der Waals surface area contributed by atoms with Gasteiger partial charge in [-0.25, -0.2) is 4.79 Å². The van der Waals surface area contributed by atoms with Gasteiger partial charge in [-0.2, -0.15) is 4.57 Å². The molecule has 0 bridgehead atoms. The van der Waals surface area contributed by atoms with Crippen molar-refractivity contribution in [1.29, 1.82) is 0 Å². The maximum atomic E-state index is 11.5. The van der Waals surface area contributed by atoms with Crippen LogP contribution in [0.15, 0.2) is 24.4 Å². The van der Waals surface area contributed by atoms with Crippen molar-refractivity contribution in [1.82, 2.24) is 0 Å². The Labute approximate surface area is 125 Å². The van der Waals surface area contributed by atoms with Crippen LogP contribution in [0.5, 0.6) is 0 Å². The van der Waals surface area contributed by atoms with Crippen LogP contribution in [0.4, 0.5) is 0 Å². The van der Waals surface area contributed by atoms with Crippen molar-refractivity contribution in [2.75, 3.05) is 26.9 Å². The molecule has 0 spiro atoms. The van der Waals surface area contributed by atoms with Gasteiger partial charge in [0, 0.05) is 32.1 Å². The number of methoxy groups -OCH3 is 1. The molecule has 5 heteroatoms. The molecule has 21 heavy (non-hydrogen) atoms. The first kappa shape index (κ1) is 17.2. The normalized spacial score (nSPS) is 10.1. The number of aromatic nitrogens is 1. The summed E-state index contributed by atoms with van der Waals surface area (Å²) in [6.45, 7) is 1.81. The Kier molecular flexibility index (Phi) is 8.85. The van der Waals surface area contributed by atoms with Gasteiger partial charge < -0.3 is 14.2 Å². The summed E-state index contributed by atoms with van der Waals surface area (Å²) in [4.78, 5) is 11.5. The zero-order chi connectivity index (χ0) is 15.3. The van der Waals surface area contributed by atoms with Crippen molar-refractivity contribution in [3.63, 3.8) is 0 Å². The van der Waals surface area contributed by atoms with E-state index in [1.807, 2.05) is 29.0 Å². The van der Waals surface area contributed by atoms with Gasteiger partial charge >= 0.3 is 5.97 Å². The van der Waals surface area contributed by atoms with Gasteiger partial charge in [0.2, 0.25) is 5.69 Å². The molecule has 0 aliphatic carbocycles. The molecule has 0 radical (unpaired) electrons. The lowest BCUT2D eigenvalue weighted by Gasteiger charge is -2.06. The van der Waals surface area contributed by atoms with Gasteiger partial charge in [-0.15, -0.1) is 12.3 Å². The highest BCUT2D eigenvalue weighted by Gasteiger charge is 2.12. The molecular weight excluding hydrogens is 270 g/mol. The molecule has 1 rings (SSSR count). The minimum absolute atomic E-state index is 0.0622. The van der Waals surface area contributed by atoms with Crippen molar-refractivity contribution in [3.8, 4) is 12.3 Å². The Bertz CT molecular complexity index is 468. The number of carbonyl (C=O) groups excluding carboxylic acids is 1. The molecule has 0 fully saturated rings. The maximum Gasteiger partial charge on any atom is 0.332 e. The number of nitrogens with zero attached hydrogens (tertiary/aromatic N) is 1. The quantitative estimate of drug-likeness (QED) is 0.280. The van der Waals surface area contributed by atoms with Gasteiger partial charge in [-0.05, 0) is 6.07 Å². The molecule has 0 saturated heterocycles. The molecule has 0 atom stereocenters. The molecule has 1 aromatic rings. The molecule has 114 valence electrons. The second-order valence-electron chi connectivity index (χ2n) is 4.40. The predicted molar refractivity (Wildman–Crippen MR) is 77.2 cm³/mol. The molecule has 5 nitrogen and oxygen atoms in total. The van der Waals surface area contributed by atoms with Crippen LogP contribution in [0.3, 0.4) is 0 Å². The summed E-state index contributed by atoms with van der Waals surface area (Å²) in [7, 11) is 1.58. The number of esters is 1. The number of unbranched alkanes of at least 4 members (excludes halogenated alkanes) is 1. The number of pyridine rings is 1. The largest absolute Gasteiger partial charge is 0.453 e. The highest BCUT2D eigenvalue weighted by atomic mass is 16.6. The second kappa shape index (κ2) is 10.8. The van der Waals surface area contributed by atoms with E-state index in [1.54, 1.807) is 7.11 Å². The fourth-order valence-electron chi connectivity index (χ4n) is 1.71. The van der Waals surface area contributed by atoms with Crippen molar-refractivity contribution < 1.29 is 23.6 Å². The van der Waals surface area contributed by atoms with Crippen LogP contribution >= 0.6 is 0 Å². The molecule has 1 aromatic heterocycles. The van der Waals surface area contributed by atoms with Crippen LogP contribution in [-0.4, -0.2) is 32.9 Å². The zero-order valence-electron chi connectivity index (χ0n) is 12.4. The number of aryl methyl sites for hydroxylation is 1. The molecule has 0 saturated carbocycles. The van der Waals surface area contributed by atoms with Crippen molar-refractivity contribution in [2.45, 2.75) is 26.0 Å². The molecular formula is C16H22NO4+. The third kappa shape index (κ3) is 7.45. The first-order chi connectivity index (χ1) is 10.3. The van der Waals surface area contributed by atoms with Gasteiger partial charge in [0.15, 0.2) is 12.8 Å². The number of hydrogen-bond donors (Lipinski definition) is 0. The Hall–Kier alpha value is -1.90. The van der Waals surface area contributed by atoms with Gasteiger partial charge in [-0.3, -0.25) is 0 Å². The van der Waals surface area contributed by atoms with E-state index in [1.165, 1.54) is 0 Å². The lowest BCUT2D eigenvalue weighted by Crippen LogP contribution is -2.38. The molecule has 0 aromatic carbocycles. The minimum atomic E-state index is -0.384. The number of rotatable bonds is 10. The maximum absolute atomic E-state index is 11.5. The summed E-state index contributed by atoms with van der Waals surface area (Å²) >= 11 is 0. The Morgan fingerprint density at radius 1 is 1.38 bits per heavy atom. The first-order valence-corrected chi connectivity index (χ1v) is 6.91. The standard InChI is InChI=1S/C16H22NO4/c1-3-4-6-9-17-10-7-5-8-15(17)13-21-16(18)14-20-12-11-19-2/h1,5,7-8,10H,4,6,9,11-14H2,2H3/q+1. The Balaban J connectivity index is 2.37. The van der Waals surface area contributed by atoms with E-state index in [9.17, 15) is 4.79 Å². The average Bonchev–Trinajstić information content (AvgIpc) is 2.51. The second-order valence-corrected chi connectivity index (χ2v) is 4.40. The number of ether oxygens (including phenoxy) is 3. The van der Waals surface area contributed by atoms with Crippen molar-refractivity contribution in [2.24, 2.45) is 0 Å². The minimum Gasteiger partial charge on any atom is -0.453 e. The molecule has 0 aliphatic rings. The zero-order valence-corrected chi connectivity index (χ0v) is 12.4. The molecule has 0 amide bonds. The van der Waals surface area contributed by atoms with Gasteiger partial charge in [0.25, 0.3) is 0 Å². The fraction of sp³-hybridized carbons (Fsp3) is 0.500. The third-order valence-electron chi connectivity index (χ3n) is 2.79. The highest BCUT2D eigenvalue weighted by Crippen LogP contribution is 1.97. The lowest BCUT2D eigenvalue weighted by molar-refractivity contribution is -0.706. The summed E-state index contributed by atoms with van der Waals surface area (Å²) in [5.41, 5.74) is 0.930. The number of hydrogen-bond acceptors (Lipinski definition) is 4. The third-order valence-corrected chi connectivity index (χ3v) is 2.79. The smallest absolute Gasteiger partial charge is 0.332 e. The Morgan fingerprint density at radius 3 is 3.00 bits per heavy atom. The topological polar surface area (TPSA) is 48.6 Å². The predicted octanol–water partition coefficient (Wildman–Crippen LogP) is 1.09. The first-order valence-electron chi connectivity index (χ1n) is 6.91. The van der Waals surface area contributed by atoms with Crippen LogP contribution in [0.25, 0.3) is 0 Å². The molecule has 0 unspecified atom stereocenters. The SMILES string of the molecule is C#CCCC[n+]1ccccc1COC(=O)COCCOC. The van der Waals surface area contributed by atoms with Crippen LogP contribution in [0.2, 0.25) is 0 Å². The van der Waals surface area contributed by atoms with Crippen LogP contribution < -0.4 is 4.57 Å². The van der Waals surface area contributed by atoms with Crippen LogP contribution in [0.1, 0.15) is 18.5 Å². The van der Waals surface area contributed by atoms with Gasteiger partial charge in [0.05, 0.1) is 13.2 Å². The van der Waals surface area contributed by atoms with E-state index in [0.29, 0.717) is 13.2 Å². The monoisotopic (exact) mass is 292 g/mol. The van der Waals surface area contributed by atoms with Gasteiger partial charge in [-0.1, -0.05) is 0 Å². The van der Waals surface area contributed by atoms with Crippen LogP contribution in [-0.2, 0) is 32.2 Å². The van der Waals surface area contributed by atoms with E-state index in [-0.39, 0.29) is 19.2 Å². The molecule has 1 heterocycles. The summed E-state index contributed by atoms with van der Waals surface area (Å²) in [5, 5.41) is 0. The summed E-state index contributed by atoms with van der Waals surface area (Å²) in [5.74, 6) is 2.23. The summed E-state index contributed by atoms with van der Waals surface area (Å²) in [6, 6.07) is 5.78. The highest BCUT2D eigenvalue weighted by molar-refractivity contribution is 5.70. The number of carbonyl (C=O) groups is 1. The van der Waals surface area contributed by atoms with Crippen molar-refractivity contribution >= 4 is 5.97 Å². The van der Waals surface area contributed by atoms with Crippen LogP contribution in [0, 0.1) is 12.3 Å². The average molecular weight is 292 g/mol. The lowest BCUT2D eigenvalue weighted by atomic mass is 10.3. The Morgan fingerprint density at radius 2 is 2.24 bits per heavy atom. The fourth-order valence-corrected chi connectivity index (χ4v) is 1.71. The molecule has 0 aliphatic heterocycles. The van der Waals surface area contributed by atoms with E-state index < -0.39 is 0 Å². The van der Waals surface area contributed by atoms with E-state index in [0.717, 1.165) is 25.1 Å². The molecule has 0 N–H and O–H groups in total. The van der Waals surface area contributed by atoms with Gasteiger partial charge in [0.1, 0.15) is 13.2 Å². The van der Waals surface area contributed by atoms with E-state index in [2.05, 4.69) is 5.92 Å². The van der Waals surface area contributed by atoms with Crippen molar-refractivity contribution in [3.05, 3.63) is 30.1 Å².